The minimum Gasteiger partial charge on any atom is -0.459 e. The fraction of sp³-hybridized carbons (Fsp3) is 0.357. The molecule has 0 unspecified atom stereocenters. The summed E-state index contributed by atoms with van der Waals surface area (Å²) in [7, 11) is 0. The molecule has 0 aromatic heterocycles. The summed E-state index contributed by atoms with van der Waals surface area (Å²) in [5.41, 5.74) is 3.71. The number of rotatable bonds is 0. The van der Waals surface area contributed by atoms with Gasteiger partial charge in [-0.15, -0.1) is 0 Å². The van der Waals surface area contributed by atoms with E-state index in [4.69, 9.17) is 4.74 Å². The molecule has 0 radical (unpaired) electrons. The third-order valence-corrected chi connectivity index (χ3v) is 3.36. The predicted molar refractivity (Wildman–Crippen MR) is 70.3 cm³/mol. The summed E-state index contributed by atoms with van der Waals surface area (Å²) in [6.45, 7) is 3.90. The second-order valence-electron chi connectivity index (χ2n) is 4.85. The van der Waals surface area contributed by atoms with E-state index in [1.54, 1.807) is 0 Å². The van der Waals surface area contributed by atoms with E-state index in [0.717, 1.165) is 23.5 Å². The molecular weight excluding hydrogens is 228 g/mol. The van der Waals surface area contributed by atoms with Crippen LogP contribution in [-0.2, 0) is 9.53 Å². The third-order valence-electron chi connectivity index (χ3n) is 3.36. The van der Waals surface area contributed by atoms with Gasteiger partial charge in [0.2, 0.25) is 0 Å². The van der Waals surface area contributed by atoms with Crippen molar-refractivity contribution in [1.29, 1.82) is 0 Å². The Labute approximate surface area is 106 Å². The number of cyclic esters (lactones) is 1. The fourth-order valence-electron chi connectivity index (χ4n) is 2.55. The van der Waals surface area contributed by atoms with Gasteiger partial charge < -0.3 is 15.4 Å². The second kappa shape index (κ2) is 4.05. The van der Waals surface area contributed by atoms with Crippen LogP contribution in [0.3, 0.4) is 0 Å². The topological polar surface area (TPSA) is 50.4 Å². The van der Waals surface area contributed by atoms with Gasteiger partial charge >= 0.3 is 5.97 Å². The predicted octanol–water partition coefficient (Wildman–Crippen LogP) is 2.50. The van der Waals surface area contributed by atoms with Crippen LogP contribution in [0.2, 0.25) is 0 Å². The maximum absolute atomic E-state index is 12.0. The van der Waals surface area contributed by atoms with Crippen LogP contribution in [0.15, 0.2) is 35.5 Å². The molecule has 0 amide bonds. The summed E-state index contributed by atoms with van der Waals surface area (Å²) < 4.78 is 5.30. The molecule has 0 saturated heterocycles. The normalized spacial score (nSPS) is 26.2. The van der Waals surface area contributed by atoms with Crippen molar-refractivity contribution in [3.05, 3.63) is 35.5 Å². The van der Waals surface area contributed by atoms with E-state index >= 15 is 0 Å². The fourth-order valence-corrected chi connectivity index (χ4v) is 2.55. The second-order valence-corrected chi connectivity index (χ2v) is 4.85. The van der Waals surface area contributed by atoms with E-state index in [1.807, 2.05) is 38.1 Å². The number of fused-ring (bicyclic) bond motifs is 1. The van der Waals surface area contributed by atoms with E-state index < -0.39 is 0 Å². The van der Waals surface area contributed by atoms with Gasteiger partial charge in [-0.25, -0.2) is 4.79 Å². The zero-order chi connectivity index (χ0) is 12.7. The van der Waals surface area contributed by atoms with Crippen LogP contribution in [0.25, 0.3) is 0 Å². The molecule has 0 aliphatic carbocycles. The lowest BCUT2D eigenvalue weighted by Gasteiger charge is -2.26. The molecule has 2 heterocycles. The molecular formula is C14H16N2O2. The van der Waals surface area contributed by atoms with Gasteiger partial charge in [-0.05, 0) is 26.0 Å². The number of ether oxygens (including phenoxy) is 1. The van der Waals surface area contributed by atoms with Crippen molar-refractivity contribution in [1.82, 2.24) is 0 Å². The molecule has 0 fully saturated rings. The van der Waals surface area contributed by atoms with Crippen molar-refractivity contribution in [3.63, 3.8) is 0 Å². The molecule has 2 atom stereocenters. The number of nitrogens with one attached hydrogen (secondary N) is 2. The molecule has 3 rings (SSSR count). The molecule has 4 heteroatoms. The van der Waals surface area contributed by atoms with Gasteiger partial charge in [0.25, 0.3) is 0 Å². The van der Waals surface area contributed by atoms with Crippen LogP contribution >= 0.6 is 0 Å². The highest BCUT2D eigenvalue weighted by molar-refractivity contribution is 5.94. The lowest BCUT2D eigenvalue weighted by atomic mass is 10.0. The summed E-state index contributed by atoms with van der Waals surface area (Å²) in [5.74, 6) is -0.218. The Hall–Kier alpha value is -1.97. The Morgan fingerprint density at radius 1 is 1.22 bits per heavy atom. The van der Waals surface area contributed by atoms with E-state index in [0.29, 0.717) is 5.57 Å². The molecule has 2 aliphatic rings. The summed E-state index contributed by atoms with van der Waals surface area (Å²) >= 11 is 0. The van der Waals surface area contributed by atoms with Gasteiger partial charge in [0.15, 0.2) is 0 Å². The van der Waals surface area contributed by atoms with Gasteiger partial charge in [0, 0.05) is 12.1 Å². The van der Waals surface area contributed by atoms with Gasteiger partial charge in [-0.1, -0.05) is 12.1 Å². The maximum Gasteiger partial charge on any atom is 0.338 e. The minimum atomic E-state index is -0.218. The van der Waals surface area contributed by atoms with Crippen LogP contribution < -0.4 is 10.6 Å². The van der Waals surface area contributed by atoms with Gasteiger partial charge in [0.05, 0.1) is 23.0 Å². The van der Waals surface area contributed by atoms with E-state index in [9.17, 15) is 4.79 Å². The zero-order valence-electron chi connectivity index (χ0n) is 10.5. The SMILES string of the molecule is C[C@@H]1CC2=C(C(=O)O1)[C@H](C)Nc1ccccc1N2. The van der Waals surface area contributed by atoms with Crippen molar-refractivity contribution >= 4 is 17.3 Å². The summed E-state index contributed by atoms with van der Waals surface area (Å²) in [6, 6.07) is 7.93. The number of para-hydroxylation sites is 2. The Morgan fingerprint density at radius 2 is 1.94 bits per heavy atom. The standard InChI is InChI=1S/C14H16N2O2/c1-8-7-12-13(14(17)18-8)9(2)15-10-5-3-4-6-11(10)16-12/h3-6,8-9,15-16H,7H2,1-2H3/t8-,9+/m1/s1. The molecule has 1 aromatic rings. The van der Waals surface area contributed by atoms with Crippen LogP contribution in [0.5, 0.6) is 0 Å². The number of anilines is 2. The highest BCUT2D eigenvalue weighted by Gasteiger charge is 2.32. The molecule has 4 nitrogen and oxygen atoms in total. The molecule has 94 valence electrons. The summed E-state index contributed by atoms with van der Waals surface area (Å²) in [5, 5.41) is 6.71. The first-order valence-electron chi connectivity index (χ1n) is 6.22. The zero-order valence-corrected chi connectivity index (χ0v) is 10.5. The van der Waals surface area contributed by atoms with Crippen molar-refractivity contribution in [2.75, 3.05) is 10.6 Å². The quantitative estimate of drug-likeness (QED) is 0.688. The van der Waals surface area contributed by atoms with E-state index in [-0.39, 0.29) is 18.1 Å². The summed E-state index contributed by atoms with van der Waals surface area (Å²) in [6.07, 6.45) is 0.669. The molecule has 0 spiro atoms. The van der Waals surface area contributed by atoms with Crippen molar-refractivity contribution in [2.45, 2.75) is 32.4 Å². The average molecular weight is 244 g/mol. The first-order valence-corrected chi connectivity index (χ1v) is 6.22. The number of hydrogen-bond acceptors (Lipinski definition) is 4. The van der Waals surface area contributed by atoms with Crippen molar-refractivity contribution < 1.29 is 9.53 Å². The molecule has 2 aliphatic heterocycles. The van der Waals surface area contributed by atoms with Crippen LogP contribution in [-0.4, -0.2) is 18.1 Å². The number of esters is 1. The highest BCUT2D eigenvalue weighted by Crippen LogP contribution is 2.33. The number of carbonyl (C=O) groups is 1. The molecule has 0 saturated carbocycles. The average Bonchev–Trinajstić information content (AvgIpc) is 2.43. The Kier molecular flexibility index (Phi) is 2.51. The first-order chi connectivity index (χ1) is 8.65. The smallest absolute Gasteiger partial charge is 0.338 e. The van der Waals surface area contributed by atoms with Crippen molar-refractivity contribution in [3.8, 4) is 0 Å². The molecule has 0 bridgehead atoms. The Bertz CT molecular complexity index is 536. The number of carbonyl (C=O) groups excluding carboxylic acids is 1. The Balaban J connectivity index is 2.06. The molecule has 2 N–H and O–H groups in total. The van der Waals surface area contributed by atoms with Gasteiger partial charge in [-0.2, -0.15) is 0 Å². The van der Waals surface area contributed by atoms with E-state index in [1.165, 1.54) is 0 Å². The van der Waals surface area contributed by atoms with E-state index in [2.05, 4.69) is 10.6 Å². The maximum atomic E-state index is 12.0. The summed E-state index contributed by atoms with van der Waals surface area (Å²) in [4.78, 5) is 12.0. The lowest BCUT2D eigenvalue weighted by molar-refractivity contribution is -0.145. The van der Waals surface area contributed by atoms with Crippen LogP contribution in [0, 0.1) is 0 Å². The highest BCUT2D eigenvalue weighted by atomic mass is 16.5. The number of benzene rings is 1. The monoisotopic (exact) mass is 244 g/mol. The largest absolute Gasteiger partial charge is 0.459 e. The molecule has 18 heavy (non-hydrogen) atoms. The first kappa shape index (κ1) is 11.1. The van der Waals surface area contributed by atoms with Crippen LogP contribution in [0.4, 0.5) is 11.4 Å². The Morgan fingerprint density at radius 3 is 2.72 bits per heavy atom. The van der Waals surface area contributed by atoms with Gasteiger partial charge in [0.1, 0.15) is 6.10 Å². The lowest BCUT2D eigenvalue weighted by Crippen LogP contribution is -2.33. The van der Waals surface area contributed by atoms with Crippen LogP contribution in [0.1, 0.15) is 20.3 Å². The van der Waals surface area contributed by atoms with Gasteiger partial charge in [-0.3, -0.25) is 0 Å². The minimum absolute atomic E-state index is 0.0452. The molecule has 1 aromatic carbocycles. The third kappa shape index (κ3) is 1.74. The van der Waals surface area contributed by atoms with Crippen molar-refractivity contribution in [2.24, 2.45) is 0 Å². The number of hydrogen-bond donors (Lipinski definition) is 2.